The molecule has 9 heteroatoms. The van der Waals surface area contributed by atoms with E-state index >= 15 is 0 Å². The topological polar surface area (TPSA) is 104 Å². The van der Waals surface area contributed by atoms with Gasteiger partial charge in [-0.15, -0.1) is 0 Å². The third-order valence-electron chi connectivity index (χ3n) is 3.93. The first-order valence-electron chi connectivity index (χ1n) is 8.02. The summed E-state index contributed by atoms with van der Waals surface area (Å²) in [6, 6.07) is 10.7. The van der Waals surface area contributed by atoms with Gasteiger partial charge in [0.05, 0.1) is 12.8 Å². The number of benzene rings is 2. The SMILES string of the molecule is COc1ccc(Cl)cc1Nc1ncnc(Nc2ccc3c(c2)OCO3)c1N. The maximum Gasteiger partial charge on any atom is 0.231 e. The highest BCUT2D eigenvalue weighted by atomic mass is 35.5. The van der Waals surface area contributed by atoms with Gasteiger partial charge in [-0.3, -0.25) is 0 Å². The number of fused-ring (bicyclic) bond motifs is 1. The molecular formula is C18H16ClN5O3. The smallest absolute Gasteiger partial charge is 0.231 e. The van der Waals surface area contributed by atoms with Crippen LogP contribution in [0.1, 0.15) is 0 Å². The second kappa shape index (κ2) is 7.08. The number of nitrogens with one attached hydrogen (secondary N) is 2. The van der Waals surface area contributed by atoms with Gasteiger partial charge < -0.3 is 30.6 Å². The minimum Gasteiger partial charge on any atom is -0.495 e. The van der Waals surface area contributed by atoms with E-state index in [0.29, 0.717) is 45.3 Å². The number of hydrogen-bond donors (Lipinski definition) is 3. The highest BCUT2D eigenvalue weighted by Crippen LogP contribution is 2.37. The van der Waals surface area contributed by atoms with E-state index in [1.54, 1.807) is 25.3 Å². The Kier molecular flexibility index (Phi) is 4.47. The second-order valence-electron chi connectivity index (χ2n) is 5.65. The van der Waals surface area contributed by atoms with Crippen molar-refractivity contribution in [3.8, 4) is 17.2 Å². The average Bonchev–Trinajstić information content (AvgIpc) is 3.13. The number of hydrogen-bond acceptors (Lipinski definition) is 8. The van der Waals surface area contributed by atoms with Crippen LogP contribution in [0, 0.1) is 0 Å². The summed E-state index contributed by atoms with van der Waals surface area (Å²) in [5, 5.41) is 6.85. The summed E-state index contributed by atoms with van der Waals surface area (Å²) < 4.78 is 16.0. The third kappa shape index (κ3) is 3.47. The van der Waals surface area contributed by atoms with Gasteiger partial charge in [0.25, 0.3) is 0 Å². The summed E-state index contributed by atoms with van der Waals surface area (Å²) in [4.78, 5) is 8.42. The molecule has 3 aromatic rings. The van der Waals surface area contributed by atoms with E-state index in [1.807, 2.05) is 18.2 Å². The summed E-state index contributed by atoms with van der Waals surface area (Å²) in [5.74, 6) is 2.85. The second-order valence-corrected chi connectivity index (χ2v) is 6.08. The van der Waals surface area contributed by atoms with Crippen molar-refractivity contribution in [1.82, 2.24) is 9.97 Å². The molecule has 0 saturated carbocycles. The molecule has 1 aromatic heterocycles. The summed E-state index contributed by atoms with van der Waals surface area (Å²) in [6.07, 6.45) is 1.41. The molecule has 4 rings (SSSR count). The molecule has 8 nitrogen and oxygen atoms in total. The van der Waals surface area contributed by atoms with Crippen molar-refractivity contribution in [3.05, 3.63) is 47.7 Å². The third-order valence-corrected chi connectivity index (χ3v) is 4.17. The Hall–Kier alpha value is -3.39. The number of nitrogens with zero attached hydrogens (tertiary/aromatic N) is 2. The summed E-state index contributed by atoms with van der Waals surface area (Å²) in [7, 11) is 1.57. The Balaban J connectivity index is 1.61. The zero-order valence-electron chi connectivity index (χ0n) is 14.3. The number of halogens is 1. The molecule has 0 aliphatic carbocycles. The molecule has 27 heavy (non-hydrogen) atoms. The van der Waals surface area contributed by atoms with Gasteiger partial charge in [0.15, 0.2) is 23.1 Å². The minimum absolute atomic E-state index is 0.212. The van der Waals surface area contributed by atoms with Crippen LogP contribution in [0.15, 0.2) is 42.7 Å². The van der Waals surface area contributed by atoms with Gasteiger partial charge in [0.2, 0.25) is 6.79 Å². The largest absolute Gasteiger partial charge is 0.495 e. The summed E-state index contributed by atoms with van der Waals surface area (Å²) in [6.45, 7) is 0.212. The summed E-state index contributed by atoms with van der Waals surface area (Å²) in [5.41, 5.74) is 7.99. The fourth-order valence-electron chi connectivity index (χ4n) is 2.61. The van der Waals surface area contributed by atoms with Crippen LogP contribution in [0.2, 0.25) is 5.02 Å². The van der Waals surface area contributed by atoms with E-state index < -0.39 is 0 Å². The molecule has 0 saturated heterocycles. The Morgan fingerprint density at radius 1 is 1.04 bits per heavy atom. The maximum atomic E-state index is 6.24. The molecule has 138 valence electrons. The first-order chi connectivity index (χ1) is 13.1. The molecular weight excluding hydrogens is 370 g/mol. The molecule has 1 aliphatic rings. The highest BCUT2D eigenvalue weighted by Gasteiger charge is 2.15. The van der Waals surface area contributed by atoms with Crippen molar-refractivity contribution >= 4 is 40.3 Å². The van der Waals surface area contributed by atoms with E-state index in [1.165, 1.54) is 6.33 Å². The number of aromatic nitrogens is 2. The molecule has 0 atom stereocenters. The Morgan fingerprint density at radius 2 is 1.81 bits per heavy atom. The monoisotopic (exact) mass is 385 g/mol. The number of ether oxygens (including phenoxy) is 3. The Morgan fingerprint density at radius 3 is 2.63 bits per heavy atom. The van der Waals surface area contributed by atoms with Gasteiger partial charge in [-0.25, -0.2) is 9.97 Å². The number of anilines is 5. The molecule has 2 heterocycles. The quantitative estimate of drug-likeness (QED) is 0.606. The van der Waals surface area contributed by atoms with E-state index in [-0.39, 0.29) is 6.79 Å². The predicted octanol–water partition coefficient (Wildman–Crippen LogP) is 3.94. The fraction of sp³-hybridized carbons (Fsp3) is 0.111. The van der Waals surface area contributed by atoms with Gasteiger partial charge in [-0.05, 0) is 30.3 Å². The first-order valence-corrected chi connectivity index (χ1v) is 8.39. The lowest BCUT2D eigenvalue weighted by molar-refractivity contribution is 0.174. The number of nitrogens with two attached hydrogens (primary N) is 1. The summed E-state index contributed by atoms with van der Waals surface area (Å²) >= 11 is 6.07. The van der Waals surface area contributed by atoms with Gasteiger partial charge in [0.1, 0.15) is 17.8 Å². The van der Waals surface area contributed by atoms with E-state index in [9.17, 15) is 0 Å². The van der Waals surface area contributed by atoms with Crippen molar-refractivity contribution in [1.29, 1.82) is 0 Å². The van der Waals surface area contributed by atoms with Crippen LogP contribution in [0.5, 0.6) is 17.2 Å². The molecule has 0 fully saturated rings. The van der Waals surface area contributed by atoms with Gasteiger partial charge >= 0.3 is 0 Å². The lowest BCUT2D eigenvalue weighted by atomic mass is 10.2. The van der Waals surface area contributed by atoms with Crippen molar-refractivity contribution in [3.63, 3.8) is 0 Å². The van der Waals surface area contributed by atoms with Crippen LogP contribution in [0.3, 0.4) is 0 Å². The van der Waals surface area contributed by atoms with E-state index in [4.69, 9.17) is 31.5 Å². The molecule has 2 aromatic carbocycles. The minimum atomic E-state index is 0.212. The van der Waals surface area contributed by atoms with E-state index in [0.717, 1.165) is 5.69 Å². The molecule has 1 aliphatic heterocycles. The Labute approximate surface area is 160 Å². The van der Waals surface area contributed by atoms with Crippen LogP contribution in [-0.4, -0.2) is 23.9 Å². The zero-order chi connectivity index (χ0) is 18.8. The van der Waals surface area contributed by atoms with Crippen molar-refractivity contribution < 1.29 is 14.2 Å². The van der Waals surface area contributed by atoms with E-state index in [2.05, 4.69) is 20.6 Å². The van der Waals surface area contributed by atoms with Crippen LogP contribution in [-0.2, 0) is 0 Å². The van der Waals surface area contributed by atoms with Crippen molar-refractivity contribution in [2.24, 2.45) is 0 Å². The van der Waals surface area contributed by atoms with Gasteiger partial charge in [0, 0.05) is 16.8 Å². The standard InChI is InChI=1S/C18H16ClN5O3/c1-25-13-4-2-10(19)6-12(13)24-18-16(20)17(21-8-22-18)23-11-3-5-14-15(7-11)27-9-26-14/h2-8H,9,20H2,1H3,(H2,21,22,23,24). The molecule has 0 bridgehead atoms. The lowest BCUT2D eigenvalue weighted by Crippen LogP contribution is -2.05. The van der Waals surface area contributed by atoms with Gasteiger partial charge in [-0.1, -0.05) is 11.6 Å². The average molecular weight is 386 g/mol. The number of methoxy groups -OCH3 is 1. The molecule has 0 radical (unpaired) electrons. The van der Waals surface area contributed by atoms with Crippen molar-refractivity contribution in [2.75, 3.05) is 30.3 Å². The van der Waals surface area contributed by atoms with Crippen LogP contribution in [0.4, 0.5) is 28.7 Å². The Bertz CT molecular complexity index is 999. The lowest BCUT2D eigenvalue weighted by Gasteiger charge is -2.14. The molecule has 0 amide bonds. The van der Waals surface area contributed by atoms with Gasteiger partial charge in [-0.2, -0.15) is 0 Å². The predicted molar refractivity (Wildman–Crippen MR) is 104 cm³/mol. The zero-order valence-corrected chi connectivity index (χ0v) is 15.1. The number of rotatable bonds is 5. The van der Waals surface area contributed by atoms with Crippen LogP contribution in [0.25, 0.3) is 0 Å². The number of nitrogen functional groups attached to an aromatic ring is 1. The maximum absolute atomic E-state index is 6.24. The molecule has 4 N–H and O–H groups in total. The fourth-order valence-corrected chi connectivity index (χ4v) is 2.78. The van der Waals surface area contributed by atoms with Crippen LogP contribution < -0.4 is 30.6 Å². The highest BCUT2D eigenvalue weighted by molar-refractivity contribution is 6.31. The first kappa shape index (κ1) is 17.0. The molecule has 0 unspecified atom stereocenters. The normalized spacial score (nSPS) is 11.9. The molecule has 0 spiro atoms. The van der Waals surface area contributed by atoms with Crippen LogP contribution >= 0.6 is 11.6 Å². The van der Waals surface area contributed by atoms with Crippen molar-refractivity contribution in [2.45, 2.75) is 0 Å².